The van der Waals surface area contributed by atoms with E-state index in [2.05, 4.69) is 11.8 Å². The van der Waals surface area contributed by atoms with Crippen molar-refractivity contribution >= 4 is 18.1 Å². The highest BCUT2D eigenvalue weighted by Crippen LogP contribution is 2.21. The van der Waals surface area contributed by atoms with Crippen LogP contribution in [0.5, 0.6) is 0 Å². The number of rotatable bonds is 25. The SMILES string of the molecule is CCCCCCCCCCCCCCCCCCN(C=O)c1ccccc1COC(=O)CCCN(C)C. The molecule has 1 amide bonds. The lowest BCUT2D eigenvalue weighted by Gasteiger charge is -2.21. The maximum absolute atomic E-state index is 12.1. The standard InChI is InChI=1S/C32H56N2O3/c1-4-5-6-7-8-9-10-11-12-13-14-15-16-17-18-21-27-34(29-35)31-24-20-19-23-30(31)28-37-32(36)25-22-26-33(2)3/h19-20,23-24,29H,4-18,21-22,25-28H2,1-3H3. The monoisotopic (exact) mass is 516 g/mol. The molecule has 37 heavy (non-hydrogen) atoms. The van der Waals surface area contributed by atoms with Crippen molar-refractivity contribution in [2.24, 2.45) is 0 Å². The molecular formula is C32H56N2O3. The van der Waals surface area contributed by atoms with Crippen molar-refractivity contribution in [1.82, 2.24) is 4.90 Å². The second-order valence-corrected chi connectivity index (χ2v) is 10.8. The first-order valence-corrected chi connectivity index (χ1v) is 15.2. The van der Waals surface area contributed by atoms with Gasteiger partial charge in [-0.05, 0) is 39.5 Å². The maximum Gasteiger partial charge on any atom is 0.306 e. The number of anilines is 1. The van der Waals surface area contributed by atoms with E-state index >= 15 is 0 Å². The number of carbonyl (C=O) groups is 2. The summed E-state index contributed by atoms with van der Waals surface area (Å²) in [4.78, 5) is 27.7. The molecule has 0 aliphatic carbocycles. The van der Waals surface area contributed by atoms with E-state index in [1.54, 1.807) is 4.90 Å². The fraction of sp³-hybridized carbons (Fsp3) is 0.750. The smallest absolute Gasteiger partial charge is 0.306 e. The molecular weight excluding hydrogens is 460 g/mol. The zero-order valence-electron chi connectivity index (χ0n) is 24.4. The Labute approximate surface area is 228 Å². The van der Waals surface area contributed by atoms with Crippen LogP contribution in [0.4, 0.5) is 5.69 Å². The van der Waals surface area contributed by atoms with Crippen LogP contribution in [-0.2, 0) is 20.9 Å². The van der Waals surface area contributed by atoms with Gasteiger partial charge in [0.15, 0.2) is 0 Å². The van der Waals surface area contributed by atoms with Crippen LogP contribution in [-0.4, -0.2) is 44.5 Å². The zero-order valence-corrected chi connectivity index (χ0v) is 24.4. The Hall–Kier alpha value is -1.88. The average Bonchev–Trinajstić information content (AvgIpc) is 2.89. The van der Waals surface area contributed by atoms with Crippen LogP contribution in [0.1, 0.15) is 128 Å². The molecule has 0 atom stereocenters. The van der Waals surface area contributed by atoms with Gasteiger partial charge in [0, 0.05) is 24.2 Å². The van der Waals surface area contributed by atoms with Crippen LogP contribution < -0.4 is 4.90 Å². The number of carbonyl (C=O) groups excluding carboxylic acids is 2. The van der Waals surface area contributed by atoms with Crippen LogP contribution in [0.3, 0.4) is 0 Å². The molecule has 212 valence electrons. The Morgan fingerprint density at radius 2 is 1.24 bits per heavy atom. The minimum absolute atomic E-state index is 0.188. The van der Waals surface area contributed by atoms with Gasteiger partial charge in [-0.2, -0.15) is 0 Å². The van der Waals surface area contributed by atoms with E-state index in [4.69, 9.17) is 4.74 Å². The molecule has 5 nitrogen and oxygen atoms in total. The summed E-state index contributed by atoms with van der Waals surface area (Å²) in [7, 11) is 3.99. The van der Waals surface area contributed by atoms with E-state index in [1.165, 1.54) is 89.9 Å². The molecule has 0 aliphatic heterocycles. The Bertz CT molecular complexity index is 692. The largest absolute Gasteiger partial charge is 0.461 e. The Morgan fingerprint density at radius 1 is 0.730 bits per heavy atom. The van der Waals surface area contributed by atoms with Gasteiger partial charge in [-0.25, -0.2) is 0 Å². The normalized spacial score (nSPS) is 11.1. The molecule has 0 spiro atoms. The summed E-state index contributed by atoms with van der Waals surface area (Å²) >= 11 is 0. The summed E-state index contributed by atoms with van der Waals surface area (Å²) in [5, 5.41) is 0. The van der Waals surface area contributed by atoms with Gasteiger partial charge in [0.25, 0.3) is 0 Å². The summed E-state index contributed by atoms with van der Waals surface area (Å²) in [6.45, 7) is 4.06. The van der Waals surface area contributed by atoms with Gasteiger partial charge in [0.05, 0.1) is 0 Å². The summed E-state index contributed by atoms with van der Waals surface area (Å²) < 4.78 is 5.48. The topological polar surface area (TPSA) is 49.9 Å². The van der Waals surface area contributed by atoms with Gasteiger partial charge in [-0.3, -0.25) is 9.59 Å². The minimum Gasteiger partial charge on any atom is -0.461 e. The van der Waals surface area contributed by atoms with Crippen LogP contribution in [0.15, 0.2) is 24.3 Å². The van der Waals surface area contributed by atoms with E-state index < -0.39 is 0 Å². The third kappa shape index (κ3) is 18.1. The number of ether oxygens (including phenoxy) is 1. The number of unbranched alkanes of at least 4 members (excludes halogenated alkanes) is 15. The number of para-hydroxylation sites is 1. The number of esters is 1. The molecule has 0 aliphatic rings. The highest BCUT2D eigenvalue weighted by molar-refractivity contribution is 5.77. The van der Waals surface area contributed by atoms with Crippen molar-refractivity contribution < 1.29 is 14.3 Å². The van der Waals surface area contributed by atoms with Crippen molar-refractivity contribution in [2.45, 2.75) is 129 Å². The molecule has 0 aromatic heterocycles. The molecule has 1 aromatic rings. The van der Waals surface area contributed by atoms with E-state index in [0.29, 0.717) is 13.0 Å². The molecule has 0 unspecified atom stereocenters. The van der Waals surface area contributed by atoms with Crippen LogP contribution in [0, 0.1) is 0 Å². The molecule has 0 N–H and O–H groups in total. The molecule has 5 heteroatoms. The molecule has 1 rings (SSSR count). The first-order chi connectivity index (χ1) is 18.1. The van der Waals surface area contributed by atoms with Gasteiger partial charge >= 0.3 is 5.97 Å². The number of nitrogens with zero attached hydrogens (tertiary/aromatic N) is 2. The Kier molecular flexibility index (Phi) is 20.8. The Balaban J connectivity index is 2.13. The predicted molar refractivity (Wildman–Crippen MR) is 157 cm³/mol. The summed E-state index contributed by atoms with van der Waals surface area (Å²) in [5.74, 6) is -0.188. The van der Waals surface area contributed by atoms with Crippen molar-refractivity contribution in [3.8, 4) is 0 Å². The molecule has 0 heterocycles. The maximum atomic E-state index is 12.1. The number of hydrogen-bond acceptors (Lipinski definition) is 4. The second kappa shape index (κ2) is 23.3. The third-order valence-electron chi connectivity index (χ3n) is 7.06. The summed E-state index contributed by atoms with van der Waals surface area (Å²) in [5.41, 5.74) is 1.73. The van der Waals surface area contributed by atoms with Gasteiger partial charge in [0.2, 0.25) is 6.41 Å². The van der Waals surface area contributed by atoms with E-state index in [9.17, 15) is 9.59 Å². The second-order valence-electron chi connectivity index (χ2n) is 10.8. The molecule has 0 saturated heterocycles. The van der Waals surface area contributed by atoms with E-state index in [0.717, 1.165) is 43.5 Å². The summed E-state index contributed by atoms with van der Waals surface area (Å²) in [6.07, 6.45) is 23.5. The summed E-state index contributed by atoms with van der Waals surface area (Å²) in [6, 6.07) is 7.74. The van der Waals surface area contributed by atoms with Crippen molar-refractivity contribution in [2.75, 3.05) is 32.1 Å². The lowest BCUT2D eigenvalue weighted by Crippen LogP contribution is -2.24. The molecule has 0 radical (unpaired) electrons. The number of amides is 1. The molecule has 1 aromatic carbocycles. The molecule has 0 bridgehead atoms. The Morgan fingerprint density at radius 3 is 1.76 bits per heavy atom. The fourth-order valence-corrected chi connectivity index (χ4v) is 4.74. The molecule has 0 fully saturated rings. The average molecular weight is 517 g/mol. The quantitative estimate of drug-likeness (QED) is 0.0745. The fourth-order valence-electron chi connectivity index (χ4n) is 4.74. The van der Waals surface area contributed by atoms with Gasteiger partial charge < -0.3 is 14.5 Å². The van der Waals surface area contributed by atoms with Crippen molar-refractivity contribution in [3.05, 3.63) is 29.8 Å². The van der Waals surface area contributed by atoms with Crippen molar-refractivity contribution in [3.63, 3.8) is 0 Å². The first kappa shape index (κ1) is 33.1. The van der Waals surface area contributed by atoms with E-state index in [1.807, 2.05) is 38.4 Å². The third-order valence-corrected chi connectivity index (χ3v) is 7.06. The first-order valence-electron chi connectivity index (χ1n) is 15.2. The lowest BCUT2D eigenvalue weighted by atomic mass is 10.0. The van der Waals surface area contributed by atoms with Gasteiger partial charge in [-0.1, -0.05) is 121 Å². The van der Waals surface area contributed by atoms with Crippen molar-refractivity contribution in [1.29, 1.82) is 0 Å². The highest BCUT2D eigenvalue weighted by atomic mass is 16.5. The van der Waals surface area contributed by atoms with Crippen LogP contribution >= 0.6 is 0 Å². The number of benzene rings is 1. The van der Waals surface area contributed by atoms with Gasteiger partial charge in [0.1, 0.15) is 6.61 Å². The predicted octanol–water partition coefficient (Wildman–Crippen LogP) is 8.30. The zero-order chi connectivity index (χ0) is 27.0. The highest BCUT2D eigenvalue weighted by Gasteiger charge is 2.12. The minimum atomic E-state index is -0.188. The van der Waals surface area contributed by atoms with E-state index in [-0.39, 0.29) is 12.6 Å². The van der Waals surface area contributed by atoms with Crippen LogP contribution in [0.25, 0.3) is 0 Å². The number of hydrogen-bond donors (Lipinski definition) is 0. The lowest BCUT2D eigenvalue weighted by molar-refractivity contribution is -0.145. The van der Waals surface area contributed by atoms with Gasteiger partial charge in [-0.15, -0.1) is 0 Å². The molecule has 0 saturated carbocycles. The van der Waals surface area contributed by atoms with Crippen LogP contribution in [0.2, 0.25) is 0 Å².